The Kier molecular flexibility index (Phi) is 3.64. The molecule has 0 amide bonds. The van der Waals surface area contributed by atoms with E-state index >= 15 is 0 Å². The summed E-state index contributed by atoms with van der Waals surface area (Å²) in [5, 5.41) is 10.1. The van der Waals surface area contributed by atoms with Crippen LogP contribution < -0.4 is 0 Å². The Balaban J connectivity index is 1.69. The maximum absolute atomic E-state index is 12.5. The lowest BCUT2D eigenvalue weighted by molar-refractivity contribution is -0.138. The number of aliphatic hydroxyl groups is 1. The number of hydrogen-bond donors (Lipinski definition) is 1. The quantitative estimate of drug-likeness (QED) is 0.694. The Morgan fingerprint density at radius 2 is 1.75 bits per heavy atom. The summed E-state index contributed by atoms with van der Waals surface area (Å²) in [7, 11) is 0. The van der Waals surface area contributed by atoms with Crippen molar-refractivity contribution in [2.45, 2.75) is 85.2 Å². The molecule has 4 rings (SSSR count). The van der Waals surface area contributed by atoms with E-state index in [4.69, 9.17) is 0 Å². The van der Waals surface area contributed by atoms with Crippen LogP contribution >= 0.6 is 0 Å². The van der Waals surface area contributed by atoms with Gasteiger partial charge in [0.15, 0.2) is 0 Å². The van der Waals surface area contributed by atoms with Crippen LogP contribution in [0.3, 0.4) is 0 Å². The van der Waals surface area contributed by atoms with Crippen LogP contribution in [0.15, 0.2) is 11.6 Å². The first-order valence-corrected chi connectivity index (χ1v) is 10.1. The lowest BCUT2D eigenvalue weighted by atomic mass is 9.45. The van der Waals surface area contributed by atoms with Gasteiger partial charge in [-0.25, -0.2) is 0 Å². The minimum absolute atomic E-state index is 0.109. The van der Waals surface area contributed by atoms with Crippen LogP contribution in [0.1, 0.15) is 79.1 Å². The van der Waals surface area contributed by atoms with Gasteiger partial charge in [0.25, 0.3) is 0 Å². The van der Waals surface area contributed by atoms with Gasteiger partial charge in [0.2, 0.25) is 0 Å². The molecule has 2 heteroatoms. The fraction of sp³-hybridized carbons (Fsp3) is 0.864. The number of hydrogen-bond acceptors (Lipinski definition) is 2. The summed E-state index contributed by atoms with van der Waals surface area (Å²) in [5.41, 5.74) is 1.94. The summed E-state index contributed by atoms with van der Waals surface area (Å²) >= 11 is 0. The van der Waals surface area contributed by atoms with Crippen molar-refractivity contribution >= 4 is 5.78 Å². The highest BCUT2D eigenvalue weighted by molar-refractivity contribution is 5.83. The third-order valence-electron chi connectivity index (χ3n) is 9.47. The SMILES string of the molecule is CC(=O)C1(C)CCC2C3CCC4=C[C@H](O)CC[C@@]4(C)C3CC[C@]21C. The lowest BCUT2D eigenvalue weighted by Gasteiger charge is -2.59. The van der Waals surface area contributed by atoms with Crippen LogP contribution in [-0.4, -0.2) is 17.0 Å². The monoisotopic (exact) mass is 330 g/mol. The molecule has 2 nitrogen and oxygen atoms in total. The smallest absolute Gasteiger partial charge is 0.136 e. The van der Waals surface area contributed by atoms with E-state index in [0.29, 0.717) is 11.2 Å². The Bertz CT molecular complexity index is 593. The van der Waals surface area contributed by atoms with E-state index in [-0.39, 0.29) is 16.9 Å². The zero-order valence-corrected chi connectivity index (χ0v) is 15.9. The average molecular weight is 331 g/mol. The molecule has 0 radical (unpaired) electrons. The zero-order valence-electron chi connectivity index (χ0n) is 15.9. The number of fused-ring (bicyclic) bond motifs is 5. The first-order valence-electron chi connectivity index (χ1n) is 10.1. The summed E-state index contributed by atoms with van der Waals surface area (Å²) in [6, 6.07) is 0. The van der Waals surface area contributed by atoms with Crippen molar-refractivity contribution in [2.75, 3.05) is 0 Å². The van der Waals surface area contributed by atoms with Crippen molar-refractivity contribution < 1.29 is 9.90 Å². The molecule has 24 heavy (non-hydrogen) atoms. The number of rotatable bonds is 1. The first-order chi connectivity index (χ1) is 11.2. The van der Waals surface area contributed by atoms with E-state index in [1.807, 2.05) is 6.92 Å². The molecular weight excluding hydrogens is 296 g/mol. The van der Waals surface area contributed by atoms with E-state index in [2.05, 4.69) is 26.8 Å². The van der Waals surface area contributed by atoms with E-state index in [0.717, 1.165) is 43.4 Å². The Hall–Kier alpha value is -0.630. The molecule has 0 bridgehead atoms. The molecule has 4 aliphatic carbocycles. The Morgan fingerprint density at radius 3 is 2.46 bits per heavy atom. The van der Waals surface area contributed by atoms with Crippen molar-refractivity contribution in [3.05, 3.63) is 11.6 Å². The summed E-state index contributed by atoms with van der Waals surface area (Å²) in [6.45, 7) is 8.98. The molecule has 4 aliphatic rings. The molecule has 0 aromatic carbocycles. The molecule has 0 spiro atoms. The summed E-state index contributed by atoms with van der Waals surface area (Å²) in [6.07, 6.45) is 11.3. The van der Waals surface area contributed by atoms with Crippen molar-refractivity contribution in [1.29, 1.82) is 0 Å². The second-order valence-corrected chi connectivity index (χ2v) is 10.0. The highest BCUT2D eigenvalue weighted by Gasteiger charge is 2.63. The highest BCUT2D eigenvalue weighted by Crippen LogP contribution is 2.69. The topological polar surface area (TPSA) is 37.3 Å². The average Bonchev–Trinajstić information content (AvgIpc) is 2.81. The third-order valence-corrected chi connectivity index (χ3v) is 9.47. The number of Topliss-reactive ketones (excluding diaryl/α,β-unsaturated/α-hetero) is 1. The van der Waals surface area contributed by atoms with Crippen LogP contribution in [0, 0.1) is 34.0 Å². The summed E-state index contributed by atoms with van der Waals surface area (Å²) in [4.78, 5) is 12.5. The van der Waals surface area contributed by atoms with Gasteiger partial charge >= 0.3 is 0 Å². The molecule has 0 aromatic rings. The van der Waals surface area contributed by atoms with Gasteiger partial charge in [0.1, 0.15) is 5.78 Å². The van der Waals surface area contributed by atoms with Gasteiger partial charge in [-0.3, -0.25) is 4.79 Å². The predicted molar refractivity (Wildman–Crippen MR) is 96.5 cm³/mol. The van der Waals surface area contributed by atoms with E-state index in [1.165, 1.54) is 25.7 Å². The number of aliphatic hydroxyl groups excluding tert-OH is 1. The van der Waals surface area contributed by atoms with Gasteiger partial charge < -0.3 is 5.11 Å². The van der Waals surface area contributed by atoms with Crippen LogP contribution in [-0.2, 0) is 4.79 Å². The Labute approximate surface area is 147 Å². The largest absolute Gasteiger partial charge is 0.389 e. The first kappa shape index (κ1) is 16.8. The van der Waals surface area contributed by atoms with Gasteiger partial charge in [-0.2, -0.15) is 0 Å². The minimum atomic E-state index is -0.217. The van der Waals surface area contributed by atoms with Gasteiger partial charge in [-0.05, 0) is 86.9 Å². The maximum Gasteiger partial charge on any atom is 0.136 e. The molecule has 7 atom stereocenters. The number of ketones is 1. The summed E-state index contributed by atoms with van der Waals surface area (Å²) in [5.74, 6) is 2.67. The second-order valence-electron chi connectivity index (χ2n) is 10.0. The van der Waals surface area contributed by atoms with Crippen LogP contribution in [0.2, 0.25) is 0 Å². The van der Waals surface area contributed by atoms with Crippen molar-refractivity contribution in [3.8, 4) is 0 Å². The zero-order chi connectivity index (χ0) is 17.3. The van der Waals surface area contributed by atoms with Gasteiger partial charge in [0, 0.05) is 5.41 Å². The highest BCUT2D eigenvalue weighted by atomic mass is 16.3. The van der Waals surface area contributed by atoms with Crippen molar-refractivity contribution in [1.82, 2.24) is 0 Å². The molecule has 1 N–H and O–H groups in total. The standard InChI is InChI=1S/C22H34O2/c1-14(23)21(3)11-9-19-17-6-5-15-13-16(24)7-10-20(15,2)18(17)8-12-22(19,21)4/h13,16-19,24H,5-12H2,1-4H3/t16-,17?,18?,19?,20-,21?,22-/m1/s1. The molecule has 0 heterocycles. The molecule has 0 aromatic heterocycles. The Morgan fingerprint density at radius 1 is 1.04 bits per heavy atom. The van der Waals surface area contributed by atoms with E-state index < -0.39 is 0 Å². The molecule has 4 unspecified atom stereocenters. The maximum atomic E-state index is 12.5. The number of allylic oxidation sites excluding steroid dienone is 1. The van der Waals surface area contributed by atoms with Crippen LogP contribution in [0.25, 0.3) is 0 Å². The molecular formula is C22H34O2. The molecule has 134 valence electrons. The van der Waals surface area contributed by atoms with Crippen molar-refractivity contribution in [2.24, 2.45) is 34.0 Å². The molecule has 3 fully saturated rings. The predicted octanol–water partition coefficient (Wildman–Crippen LogP) is 4.91. The number of carbonyl (C=O) groups is 1. The normalized spacial score (nSPS) is 53.6. The van der Waals surface area contributed by atoms with Gasteiger partial charge in [-0.1, -0.05) is 32.4 Å². The third kappa shape index (κ3) is 1.95. The summed E-state index contributed by atoms with van der Waals surface area (Å²) < 4.78 is 0. The van der Waals surface area contributed by atoms with Gasteiger partial charge in [0.05, 0.1) is 6.10 Å². The molecule has 3 saturated carbocycles. The molecule has 0 aliphatic heterocycles. The second kappa shape index (κ2) is 5.19. The fourth-order valence-electron chi connectivity index (χ4n) is 7.56. The number of carbonyl (C=O) groups excluding carboxylic acids is 1. The van der Waals surface area contributed by atoms with E-state index in [1.54, 1.807) is 5.57 Å². The van der Waals surface area contributed by atoms with Crippen LogP contribution in [0.4, 0.5) is 0 Å². The molecule has 0 saturated heterocycles. The van der Waals surface area contributed by atoms with Crippen LogP contribution in [0.5, 0.6) is 0 Å². The minimum Gasteiger partial charge on any atom is -0.389 e. The van der Waals surface area contributed by atoms with Crippen molar-refractivity contribution in [3.63, 3.8) is 0 Å². The van der Waals surface area contributed by atoms with E-state index in [9.17, 15) is 9.90 Å². The lowest BCUT2D eigenvalue weighted by Crippen LogP contribution is -2.53. The fourth-order valence-corrected chi connectivity index (χ4v) is 7.56. The van der Waals surface area contributed by atoms with Gasteiger partial charge in [-0.15, -0.1) is 0 Å².